The Morgan fingerprint density at radius 1 is 0.905 bits per heavy atom. The molecule has 2 aliphatic heterocycles. The molecule has 42 heavy (non-hydrogen) atoms. The van der Waals surface area contributed by atoms with Gasteiger partial charge in [-0.05, 0) is 68.9 Å². The quantitative estimate of drug-likeness (QED) is 0.196. The Labute approximate surface area is 246 Å². The number of carbonyl (C=O) groups is 2. The second kappa shape index (κ2) is 12.5. The molecule has 4 unspecified atom stereocenters. The number of oxime groups is 1. The summed E-state index contributed by atoms with van der Waals surface area (Å²) in [5.74, 6) is 0.491. The van der Waals surface area contributed by atoms with E-state index in [0.29, 0.717) is 23.6 Å². The molecule has 2 aromatic rings. The molecular weight excluding hydrogens is 536 g/mol. The van der Waals surface area contributed by atoms with Crippen molar-refractivity contribution in [2.45, 2.75) is 102 Å². The van der Waals surface area contributed by atoms with Gasteiger partial charge in [-0.25, -0.2) is 9.78 Å². The van der Waals surface area contributed by atoms with Crippen LogP contribution in [0.25, 0.3) is 11.0 Å². The van der Waals surface area contributed by atoms with E-state index in [2.05, 4.69) is 15.0 Å². The topological polar surface area (TPSA) is 112 Å². The minimum Gasteiger partial charge on any atom is -0.464 e. The van der Waals surface area contributed by atoms with Crippen LogP contribution in [-0.4, -0.2) is 70.6 Å². The highest BCUT2D eigenvalue weighted by atomic mass is 16.6. The molecule has 4 fully saturated rings. The summed E-state index contributed by atoms with van der Waals surface area (Å²) >= 11 is 0. The van der Waals surface area contributed by atoms with E-state index in [9.17, 15) is 14.4 Å². The lowest BCUT2D eigenvalue weighted by Crippen LogP contribution is -2.58. The number of piperidine rings is 2. The van der Waals surface area contributed by atoms with E-state index in [-0.39, 0.29) is 36.2 Å². The van der Waals surface area contributed by atoms with Gasteiger partial charge in [0.25, 0.3) is 5.56 Å². The van der Waals surface area contributed by atoms with Crippen molar-refractivity contribution >= 4 is 28.7 Å². The van der Waals surface area contributed by atoms with Gasteiger partial charge in [-0.3, -0.25) is 14.5 Å². The predicted octanol–water partition coefficient (Wildman–Crippen LogP) is 4.38. The first-order valence-corrected chi connectivity index (χ1v) is 15.6. The van der Waals surface area contributed by atoms with E-state index in [1.807, 2.05) is 28.8 Å². The Kier molecular flexibility index (Phi) is 8.60. The number of hydrogen-bond acceptors (Lipinski definition) is 9. The maximum atomic E-state index is 14.2. The molecule has 3 heterocycles. The standard InChI is InChI=1S/C32H42N4O6/c1-20(37)41-13-14-42-34-30(32(39)40-2)29-31(38)36(28-12-4-3-11-27(28)33-29)26-18-23-9-6-10-24(19-26)35(23)25-16-21-7-5-8-22(15-21)17-25/h3-4,11-12,21-26H,5-10,13-19H2,1-2H3/b34-30-. The Bertz CT molecular complexity index is 1380. The number of methoxy groups -OCH3 is 1. The van der Waals surface area contributed by atoms with Crippen molar-refractivity contribution in [2.24, 2.45) is 17.0 Å². The van der Waals surface area contributed by atoms with Crippen molar-refractivity contribution in [3.05, 3.63) is 40.3 Å². The van der Waals surface area contributed by atoms with Gasteiger partial charge in [0, 0.05) is 31.1 Å². The van der Waals surface area contributed by atoms with E-state index in [1.54, 1.807) is 0 Å². The third-order valence-electron chi connectivity index (χ3n) is 9.93. The summed E-state index contributed by atoms with van der Waals surface area (Å²) in [7, 11) is 1.23. The van der Waals surface area contributed by atoms with E-state index < -0.39 is 11.9 Å². The normalized spacial score (nSPS) is 29.6. The van der Waals surface area contributed by atoms with Crippen LogP contribution in [0.3, 0.4) is 0 Å². The van der Waals surface area contributed by atoms with Crippen LogP contribution in [0.15, 0.2) is 34.2 Å². The molecule has 10 heteroatoms. The molecule has 0 radical (unpaired) electrons. The highest BCUT2D eigenvalue weighted by Gasteiger charge is 2.45. The fraction of sp³-hybridized carbons (Fsp3) is 0.656. The molecule has 2 saturated heterocycles. The SMILES string of the molecule is COC(=O)/C(=N\OCCOC(C)=O)c1nc2ccccc2n(C2CC3CCCC(C2)N3C2CC3CCCC(C3)C2)c1=O. The minimum atomic E-state index is -0.816. The Morgan fingerprint density at radius 2 is 1.60 bits per heavy atom. The second-order valence-electron chi connectivity index (χ2n) is 12.6. The van der Waals surface area contributed by atoms with Crippen LogP contribution in [0, 0.1) is 11.8 Å². The lowest BCUT2D eigenvalue weighted by atomic mass is 9.68. The number of rotatable bonds is 8. The monoisotopic (exact) mass is 578 g/mol. The van der Waals surface area contributed by atoms with Crippen molar-refractivity contribution in [3.8, 4) is 0 Å². The zero-order valence-corrected chi connectivity index (χ0v) is 24.7. The Balaban J connectivity index is 1.32. The fourth-order valence-corrected chi connectivity index (χ4v) is 8.41. The molecule has 1 aromatic heterocycles. The largest absolute Gasteiger partial charge is 0.464 e. The fourth-order valence-electron chi connectivity index (χ4n) is 8.41. The van der Waals surface area contributed by atoms with Gasteiger partial charge in [0.05, 0.1) is 18.1 Å². The Morgan fingerprint density at radius 3 is 2.29 bits per heavy atom. The van der Waals surface area contributed by atoms with Crippen LogP contribution >= 0.6 is 0 Å². The first-order valence-electron chi connectivity index (χ1n) is 15.6. The molecule has 4 bridgehead atoms. The lowest BCUT2D eigenvalue weighted by Gasteiger charge is -2.55. The summed E-state index contributed by atoms with van der Waals surface area (Å²) in [6, 6.07) is 9.12. The summed E-state index contributed by atoms with van der Waals surface area (Å²) in [5, 5.41) is 3.94. The number of aromatic nitrogens is 2. The van der Waals surface area contributed by atoms with Gasteiger partial charge in [-0.15, -0.1) is 0 Å². The molecule has 4 atom stereocenters. The van der Waals surface area contributed by atoms with Crippen molar-refractivity contribution in [3.63, 3.8) is 0 Å². The maximum absolute atomic E-state index is 14.2. The third kappa shape index (κ3) is 5.82. The lowest BCUT2D eigenvalue weighted by molar-refractivity contribution is -0.142. The molecule has 4 aliphatic rings. The van der Waals surface area contributed by atoms with Gasteiger partial charge in [0.1, 0.15) is 6.61 Å². The molecule has 2 aliphatic carbocycles. The molecule has 0 amide bonds. The van der Waals surface area contributed by atoms with Crippen LogP contribution < -0.4 is 5.56 Å². The van der Waals surface area contributed by atoms with Gasteiger partial charge in [-0.2, -0.15) is 0 Å². The number of ether oxygens (including phenoxy) is 2. The molecule has 0 N–H and O–H groups in total. The smallest absolute Gasteiger partial charge is 0.362 e. The van der Waals surface area contributed by atoms with Crippen molar-refractivity contribution in [1.82, 2.24) is 14.5 Å². The number of esters is 2. The second-order valence-corrected chi connectivity index (χ2v) is 12.6. The molecule has 6 rings (SSSR count). The minimum absolute atomic E-state index is 0.0115. The molecule has 0 spiro atoms. The van der Waals surface area contributed by atoms with Crippen LogP contribution in [0.1, 0.15) is 89.3 Å². The van der Waals surface area contributed by atoms with Crippen LogP contribution in [0.5, 0.6) is 0 Å². The van der Waals surface area contributed by atoms with E-state index >= 15 is 0 Å². The average Bonchev–Trinajstić information content (AvgIpc) is 2.97. The molecule has 1 aromatic carbocycles. The van der Waals surface area contributed by atoms with Crippen molar-refractivity contribution in [2.75, 3.05) is 20.3 Å². The molecule has 226 valence electrons. The van der Waals surface area contributed by atoms with Crippen LogP contribution in [0.4, 0.5) is 0 Å². The molecule has 2 saturated carbocycles. The number of nitrogens with zero attached hydrogens (tertiary/aromatic N) is 4. The van der Waals surface area contributed by atoms with Gasteiger partial charge in [-0.1, -0.05) is 43.0 Å². The first-order chi connectivity index (χ1) is 20.4. The van der Waals surface area contributed by atoms with E-state index in [4.69, 9.17) is 14.3 Å². The van der Waals surface area contributed by atoms with E-state index in [1.165, 1.54) is 59.0 Å². The summed E-state index contributed by atoms with van der Waals surface area (Å²) in [4.78, 5) is 50.8. The number of para-hydroxylation sites is 2. The van der Waals surface area contributed by atoms with Gasteiger partial charge in [0.2, 0.25) is 5.71 Å². The molecule has 10 nitrogen and oxygen atoms in total. The highest BCUT2D eigenvalue weighted by Crippen LogP contribution is 2.47. The van der Waals surface area contributed by atoms with Crippen LogP contribution in [-0.2, 0) is 23.9 Å². The average molecular weight is 579 g/mol. The number of benzene rings is 1. The zero-order valence-electron chi connectivity index (χ0n) is 24.7. The summed E-state index contributed by atoms with van der Waals surface area (Å²) in [5.41, 5.74) is 0.605. The zero-order chi connectivity index (χ0) is 29.2. The predicted molar refractivity (Wildman–Crippen MR) is 157 cm³/mol. The molecular formula is C32H42N4O6. The van der Waals surface area contributed by atoms with Crippen molar-refractivity contribution < 1.29 is 23.9 Å². The Hall–Kier alpha value is -3.27. The van der Waals surface area contributed by atoms with Crippen LogP contribution in [0.2, 0.25) is 0 Å². The number of fused-ring (bicyclic) bond motifs is 5. The van der Waals surface area contributed by atoms with Crippen molar-refractivity contribution in [1.29, 1.82) is 0 Å². The first kappa shape index (κ1) is 28.8. The van der Waals surface area contributed by atoms with Gasteiger partial charge >= 0.3 is 11.9 Å². The summed E-state index contributed by atoms with van der Waals surface area (Å²) in [6.45, 7) is 1.18. The highest BCUT2D eigenvalue weighted by molar-refractivity contribution is 6.42. The third-order valence-corrected chi connectivity index (χ3v) is 9.93. The summed E-state index contributed by atoms with van der Waals surface area (Å²) < 4.78 is 11.7. The number of hydrogen-bond donors (Lipinski definition) is 0. The van der Waals surface area contributed by atoms with Gasteiger partial charge < -0.3 is 18.9 Å². The maximum Gasteiger partial charge on any atom is 0.362 e. The van der Waals surface area contributed by atoms with Gasteiger partial charge in [0.15, 0.2) is 12.3 Å². The number of carbonyl (C=O) groups excluding carboxylic acids is 2. The summed E-state index contributed by atoms with van der Waals surface area (Å²) in [6.07, 6.45) is 13.6. The van der Waals surface area contributed by atoms with E-state index in [0.717, 1.165) is 43.0 Å².